The summed E-state index contributed by atoms with van der Waals surface area (Å²) >= 11 is 5.99. The fraction of sp³-hybridized carbons (Fsp3) is 0.238. The Balaban J connectivity index is 0.00000136. The van der Waals surface area contributed by atoms with E-state index in [1.807, 2.05) is 32.0 Å². The summed E-state index contributed by atoms with van der Waals surface area (Å²) in [5.74, 6) is 2.01. The van der Waals surface area contributed by atoms with Gasteiger partial charge in [0.25, 0.3) is 0 Å². The van der Waals surface area contributed by atoms with Gasteiger partial charge in [-0.05, 0) is 36.4 Å². The molecule has 1 N–H and O–H groups in total. The van der Waals surface area contributed by atoms with E-state index in [1.54, 1.807) is 37.4 Å². The maximum absolute atomic E-state index is 9.52. The third kappa shape index (κ3) is 5.03. The second kappa shape index (κ2) is 10.4. The first-order valence-electron chi connectivity index (χ1n) is 8.71. The van der Waals surface area contributed by atoms with Gasteiger partial charge in [0.1, 0.15) is 29.9 Å². The van der Waals surface area contributed by atoms with E-state index in [9.17, 15) is 5.11 Å². The summed E-state index contributed by atoms with van der Waals surface area (Å²) in [5.41, 5.74) is 1.53. The minimum absolute atomic E-state index is 0.0707. The van der Waals surface area contributed by atoms with Crippen LogP contribution in [0.15, 0.2) is 46.9 Å². The molecule has 2 aromatic carbocycles. The van der Waals surface area contributed by atoms with Gasteiger partial charge in [-0.2, -0.15) is 5.26 Å². The van der Waals surface area contributed by atoms with Gasteiger partial charge in [-0.15, -0.1) is 0 Å². The quantitative estimate of drug-likeness (QED) is 0.628. The highest BCUT2D eigenvalue weighted by Crippen LogP contribution is 2.26. The largest absolute Gasteiger partial charge is 0.497 e. The van der Waals surface area contributed by atoms with Gasteiger partial charge in [-0.25, -0.2) is 4.98 Å². The van der Waals surface area contributed by atoms with Crippen molar-refractivity contribution in [2.24, 2.45) is 0 Å². The van der Waals surface area contributed by atoms with Crippen molar-refractivity contribution < 1.29 is 19.0 Å². The van der Waals surface area contributed by atoms with Gasteiger partial charge in [-0.1, -0.05) is 25.4 Å². The normalized spacial score (nSPS) is 9.86. The number of nitriles is 1. The number of methoxy groups -OCH3 is 1. The van der Waals surface area contributed by atoms with Gasteiger partial charge in [0.15, 0.2) is 5.76 Å². The molecule has 0 saturated carbocycles. The van der Waals surface area contributed by atoms with Crippen LogP contribution in [-0.2, 0) is 13.2 Å². The topological polar surface area (TPSA) is 88.5 Å². The highest BCUT2D eigenvalue weighted by Gasteiger charge is 2.15. The number of aliphatic hydroxyl groups is 1. The highest BCUT2D eigenvalue weighted by molar-refractivity contribution is 6.31. The number of ether oxygens (including phenoxy) is 2. The van der Waals surface area contributed by atoms with Crippen LogP contribution in [0.3, 0.4) is 0 Å². The number of hydrogen-bond donors (Lipinski definition) is 1. The third-order valence-corrected chi connectivity index (χ3v) is 4.01. The Morgan fingerprint density at radius 1 is 1.14 bits per heavy atom. The summed E-state index contributed by atoms with van der Waals surface area (Å²) < 4.78 is 16.5. The van der Waals surface area contributed by atoms with E-state index < -0.39 is 0 Å². The molecule has 1 aromatic heterocycles. The predicted octanol–water partition coefficient (Wildman–Crippen LogP) is 4.97. The summed E-state index contributed by atoms with van der Waals surface area (Å²) in [6, 6.07) is 14.0. The monoisotopic (exact) mass is 400 g/mol. The molecular formula is C21H21ClN2O4. The smallest absolute Gasteiger partial charge is 0.226 e. The maximum Gasteiger partial charge on any atom is 0.226 e. The lowest BCUT2D eigenvalue weighted by atomic mass is 10.2. The summed E-state index contributed by atoms with van der Waals surface area (Å²) in [4.78, 5) is 4.31. The molecule has 0 amide bonds. The van der Waals surface area contributed by atoms with Crippen LogP contribution in [0.5, 0.6) is 11.5 Å². The fourth-order valence-electron chi connectivity index (χ4n) is 2.30. The number of aliphatic hydroxyl groups excluding tert-OH is 1. The lowest BCUT2D eigenvalue weighted by molar-refractivity contribution is 0.248. The van der Waals surface area contributed by atoms with Crippen LogP contribution in [0.1, 0.15) is 30.9 Å². The van der Waals surface area contributed by atoms with E-state index >= 15 is 0 Å². The Kier molecular flexibility index (Phi) is 7.88. The minimum Gasteiger partial charge on any atom is -0.497 e. The summed E-state index contributed by atoms with van der Waals surface area (Å²) in [6.07, 6.45) is 0. The van der Waals surface area contributed by atoms with Gasteiger partial charge in [0.2, 0.25) is 5.89 Å². The van der Waals surface area contributed by atoms with Gasteiger partial charge < -0.3 is 19.0 Å². The van der Waals surface area contributed by atoms with E-state index in [1.165, 1.54) is 0 Å². The average molecular weight is 401 g/mol. The number of rotatable bonds is 6. The number of aromatic nitrogens is 1. The van der Waals surface area contributed by atoms with Crippen molar-refractivity contribution in [3.05, 3.63) is 64.5 Å². The molecule has 28 heavy (non-hydrogen) atoms. The van der Waals surface area contributed by atoms with Crippen LogP contribution >= 0.6 is 11.6 Å². The third-order valence-electron chi connectivity index (χ3n) is 3.70. The zero-order valence-electron chi connectivity index (χ0n) is 15.9. The van der Waals surface area contributed by atoms with E-state index in [2.05, 4.69) is 4.98 Å². The molecule has 0 bridgehead atoms. The first kappa shape index (κ1) is 21.3. The van der Waals surface area contributed by atoms with Crippen molar-refractivity contribution in [2.45, 2.75) is 27.1 Å². The fourth-order valence-corrected chi connectivity index (χ4v) is 2.51. The van der Waals surface area contributed by atoms with Crippen molar-refractivity contribution in [1.82, 2.24) is 4.98 Å². The van der Waals surface area contributed by atoms with Gasteiger partial charge in [0, 0.05) is 11.6 Å². The molecule has 1 heterocycles. The number of hydrogen-bond acceptors (Lipinski definition) is 6. The van der Waals surface area contributed by atoms with Crippen LogP contribution in [-0.4, -0.2) is 17.2 Å². The Morgan fingerprint density at radius 2 is 1.82 bits per heavy atom. The summed E-state index contributed by atoms with van der Waals surface area (Å²) in [7, 11) is 1.59. The Labute approximate surface area is 168 Å². The number of halogens is 1. The molecule has 0 radical (unpaired) electrons. The molecule has 0 aliphatic heterocycles. The molecule has 0 aliphatic rings. The van der Waals surface area contributed by atoms with Crippen LogP contribution in [0.4, 0.5) is 0 Å². The van der Waals surface area contributed by atoms with Crippen LogP contribution in [0.25, 0.3) is 11.5 Å². The van der Waals surface area contributed by atoms with E-state index in [4.69, 9.17) is 30.8 Å². The molecule has 0 saturated heterocycles. The van der Waals surface area contributed by atoms with E-state index in [0.717, 1.165) is 11.3 Å². The summed E-state index contributed by atoms with van der Waals surface area (Å²) in [6.45, 7) is 3.80. The molecule has 0 spiro atoms. The number of nitrogens with zero attached hydrogens (tertiary/aromatic N) is 2. The molecule has 0 fully saturated rings. The lowest BCUT2D eigenvalue weighted by Gasteiger charge is -2.06. The van der Waals surface area contributed by atoms with Crippen molar-refractivity contribution in [1.29, 1.82) is 5.26 Å². The highest BCUT2D eigenvalue weighted by atomic mass is 35.5. The second-order valence-corrected chi connectivity index (χ2v) is 5.72. The zero-order valence-corrected chi connectivity index (χ0v) is 16.7. The van der Waals surface area contributed by atoms with Crippen LogP contribution in [0.2, 0.25) is 5.02 Å². The molecule has 7 heteroatoms. The van der Waals surface area contributed by atoms with Gasteiger partial charge in [0.05, 0.1) is 24.3 Å². The molecule has 3 rings (SSSR count). The molecule has 146 valence electrons. The first-order valence-corrected chi connectivity index (χ1v) is 9.08. The van der Waals surface area contributed by atoms with E-state index in [0.29, 0.717) is 33.7 Å². The number of oxazole rings is 1. The zero-order chi connectivity index (χ0) is 20.5. The van der Waals surface area contributed by atoms with Crippen molar-refractivity contribution in [2.75, 3.05) is 7.11 Å². The number of benzene rings is 2. The maximum atomic E-state index is 9.52. The van der Waals surface area contributed by atoms with Gasteiger partial charge >= 0.3 is 0 Å². The van der Waals surface area contributed by atoms with Crippen molar-refractivity contribution >= 4 is 11.6 Å². The van der Waals surface area contributed by atoms with Gasteiger partial charge in [-0.3, -0.25) is 0 Å². The molecule has 6 nitrogen and oxygen atoms in total. The van der Waals surface area contributed by atoms with Crippen molar-refractivity contribution in [3.8, 4) is 29.0 Å². The molecule has 0 aliphatic carbocycles. The Hall–Kier alpha value is -3.01. The molecular weight excluding hydrogens is 380 g/mol. The minimum atomic E-state index is -0.271. The van der Waals surface area contributed by atoms with E-state index in [-0.39, 0.29) is 13.2 Å². The van der Waals surface area contributed by atoms with Crippen molar-refractivity contribution in [3.63, 3.8) is 0 Å². The molecule has 3 aromatic rings. The summed E-state index contributed by atoms with van der Waals surface area (Å²) in [5, 5.41) is 18.7. The average Bonchev–Trinajstić information content (AvgIpc) is 3.17. The molecule has 0 unspecified atom stereocenters. The SMILES string of the molecule is CC.COc1ccc(-c2nc(CO)c(COc3ccc(C#N)c(Cl)c3)o2)cc1. The second-order valence-electron chi connectivity index (χ2n) is 5.32. The molecule has 0 atom stereocenters. The standard InChI is InChI=1S/C19H15ClN2O4.C2H6/c1-24-14-5-2-12(3-6-14)19-22-17(10-23)18(26-19)11-25-15-7-4-13(9-21)16(20)8-15;1-2/h2-8,23H,10-11H2,1H3;1-2H3. The predicted molar refractivity (Wildman–Crippen MR) is 106 cm³/mol. The van der Waals surface area contributed by atoms with Crippen LogP contribution in [0, 0.1) is 11.3 Å². The Bertz CT molecular complexity index is 946. The lowest BCUT2D eigenvalue weighted by Crippen LogP contribution is -1.98. The first-order chi connectivity index (χ1) is 13.6. The Morgan fingerprint density at radius 3 is 2.39 bits per heavy atom. The van der Waals surface area contributed by atoms with Crippen LogP contribution < -0.4 is 9.47 Å².